The average molecular weight is 380 g/mol. The number of nitrogens with two attached hydrogens (primary N) is 1. The second-order valence-electron chi connectivity index (χ2n) is 6.96. The van der Waals surface area contributed by atoms with Gasteiger partial charge in [-0.15, -0.1) is 0 Å². The zero-order chi connectivity index (χ0) is 19.3. The molecule has 0 aliphatic rings. The minimum absolute atomic E-state index is 0.0601. The molecule has 0 aromatic carbocycles. The molecular formula is C18H37NO5S. The van der Waals surface area contributed by atoms with Crippen LogP contribution in [0.4, 0.5) is 0 Å². The van der Waals surface area contributed by atoms with Crippen molar-refractivity contribution in [2.75, 3.05) is 19.0 Å². The van der Waals surface area contributed by atoms with E-state index in [-0.39, 0.29) is 11.7 Å². The van der Waals surface area contributed by atoms with Crippen molar-refractivity contribution in [1.29, 1.82) is 0 Å². The van der Waals surface area contributed by atoms with Crippen LogP contribution in [0.15, 0.2) is 0 Å². The summed E-state index contributed by atoms with van der Waals surface area (Å²) >= 11 is 0. The van der Waals surface area contributed by atoms with Crippen LogP contribution in [0.25, 0.3) is 0 Å². The van der Waals surface area contributed by atoms with Gasteiger partial charge in [-0.1, -0.05) is 40.0 Å². The molecule has 0 saturated carbocycles. The van der Waals surface area contributed by atoms with Gasteiger partial charge in [0.25, 0.3) is 0 Å². The number of sulfonamides is 1. The van der Waals surface area contributed by atoms with Crippen LogP contribution in [0.3, 0.4) is 0 Å². The SMILES string of the molecule is CCC(CCCCOCCCCC(CC)(CC)C(=O)O)CS(N)(=O)=O. The van der Waals surface area contributed by atoms with E-state index in [4.69, 9.17) is 9.88 Å². The molecule has 0 saturated heterocycles. The van der Waals surface area contributed by atoms with Crippen molar-refractivity contribution in [3.63, 3.8) is 0 Å². The molecule has 6 nitrogen and oxygen atoms in total. The summed E-state index contributed by atoms with van der Waals surface area (Å²) in [7, 11) is -3.39. The summed E-state index contributed by atoms with van der Waals surface area (Å²) in [4.78, 5) is 11.4. The maximum absolute atomic E-state index is 11.4. The summed E-state index contributed by atoms with van der Waals surface area (Å²) in [6, 6.07) is 0. The first kappa shape index (κ1) is 24.3. The third kappa shape index (κ3) is 10.8. The monoisotopic (exact) mass is 379 g/mol. The van der Waals surface area contributed by atoms with Crippen molar-refractivity contribution in [2.45, 2.75) is 78.6 Å². The van der Waals surface area contributed by atoms with Gasteiger partial charge in [0.05, 0.1) is 11.2 Å². The Balaban J connectivity index is 3.75. The van der Waals surface area contributed by atoms with Crippen LogP contribution in [0, 0.1) is 11.3 Å². The number of rotatable bonds is 16. The number of carboxylic acid groups (broad SMARTS) is 1. The van der Waals surface area contributed by atoms with Crippen molar-refractivity contribution in [2.24, 2.45) is 16.5 Å². The average Bonchev–Trinajstić information content (AvgIpc) is 2.54. The Morgan fingerprint density at radius 1 is 1.08 bits per heavy atom. The summed E-state index contributed by atoms with van der Waals surface area (Å²) in [5, 5.41) is 14.5. The van der Waals surface area contributed by atoms with Crippen LogP contribution < -0.4 is 5.14 Å². The number of primary sulfonamides is 1. The normalized spacial score (nSPS) is 13.8. The largest absolute Gasteiger partial charge is 0.481 e. The zero-order valence-electron chi connectivity index (χ0n) is 16.1. The second kappa shape index (κ2) is 12.7. The van der Waals surface area contributed by atoms with Gasteiger partial charge in [0.15, 0.2) is 0 Å². The van der Waals surface area contributed by atoms with Gasteiger partial charge in [-0.2, -0.15) is 0 Å². The van der Waals surface area contributed by atoms with Crippen LogP contribution in [-0.2, 0) is 19.6 Å². The third-order valence-electron chi connectivity index (χ3n) is 5.20. The topological polar surface area (TPSA) is 107 Å². The molecule has 0 fully saturated rings. The molecule has 7 heteroatoms. The van der Waals surface area contributed by atoms with E-state index in [0.29, 0.717) is 32.5 Å². The molecule has 25 heavy (non-hydrogen) atoms. The molecule has 0 aromatic heterocycles. The Kier molecular flexibility index (Phi) is 12.3. The highest BCUT2D eigenvalue weighted by atomic mass is 32.2. The van der Waals surface area contributed by atoms with E-state index < -0.39 is 21.4 Å². The molecule has 1 unspecified atom stereocenters. The van der Waals surface area contributed by atoms with E-state index in [1.54, 1.807) is 0 Å². The maximum Gasteiger partial charge on any atom is 0.309 e. The molecule has 0 heterocycles. The van der Waals surface area contributed by atoms with Gasteiger partial charge in [-0.25, -0.2) is 13.6 Å². The Bertz CT molecular complexity index is 460. The van der Waals surface area contributed by atoms with E-state index >= 15 is 0 Å². The highest BCUT2D eigenvalue weighted by molar-refractivity contribution is 7.89. The lowest BCUT2D eigenvalue weighted by Crippen LogP contribution is -2.29. The Hall–Kier alpha value is -0.660. The van der Waals surface area contributed by atoms with Gasteiger partial charge >= 0.3 is 5.97 Å². The van der Waals surface area contributed by atoms with Crippen LogP contribution in [0.5, 0.6) is 0 Å². The van der Waals surface area contributed by atoms with E-state index in [0.717, 1.165) is 38.5 Å². The zero-order valence-corrected chi connectivity index (χ0v) is 16.9. The lowest BCUT2D eigenvalue weighted by atomic mass is 9.78. The molecule has 0 spiro atoms. The molecule has 0 aromatic rings. The molecule has 0 bridgehead atoms. The number of carbonyl (C=O) groups is 1. The van der Waals surface area contributed by atoms with Crippen molar-refractivity contribution >= 4 is 16.0 Å². The number of hydrogen-bond donors (Lipinski definition) is 2. The number of aliphatic carboxylic acids is 1. The van der Waals surface area contributed by atoms with Gasteiger partial charge in [0, 0.05) is 13.2 Å². The summed E-state index contributed by atoms with van der Waals surface area (Å²) in [5.74, 6) is -0.504. The summed E-state index contributed by atoms with van der Waals surface area (Å²) in [6.07, 6.45) is 7.27. The highest BCUT2D eigenvalue weighted by Crippen LogP contribution is 2.32. The molecular weight excluding hydrogens is 342 g/mol. The highest BCUT2D eigenvalue weighted by Gasteiger charge is 2.33. The molecule has 150 valence electrons. The van der Waals surface area contributed by atoms with Gasteiger partial charge in [0.2, 0.25) is 10.0 Å². The first-order valence-corrected chi connectivity index (χ1v) is 11.2. The minimum Gasteiger partial charge on any atom is -0.481 e. The molecule has 0 radical (unpaired) electrons. The minimum atomic E-state index is -3.39. The molecule has 0 aliphatic heterocycles. The molecule has 1 atom stereocenters. The van der Waals surface area contributed by atoms with Gasteiger partial charge in [-0.3, -0.25) is 4.79 Å². The van der Waals surface area contributed by atoms with E-state index in [1.165, 1.54) is 0 Å². The smallest absolute Gasteiger partial charge is 0.309 e. The third-order valence-corrected chi connectivity index (χ3v) is 6.13. The molecule has 3 N–H and O–H groups in total. The standard InChI is InChI=1S/C18H37NO5S/c1-4-16(15-25(19,22)23)11-7-9-13-24-14-10-8-12-18(5-2,6-3)17(20)21/h16H,4-15H2,1-3H3,(H,20,21)(H2,19,22,23). The fraction of sp³-hybridized carbons (Fsp3) is 0.944. The van der Waals surface area contributed by atoms with Crippen LogP contribution in [0.2, 0.25) is 0 Å². The Morgan fingerprint density at radius 2 is 1.64 bits per heavy atom. The summed E-state index contributed by atoms with van der Waals surface area (Å²) in [5.41, 5.74) is -0.585. The predicted octanol–water partition coefficient (Wildman–Crippen LogP) is 3.55. The fourth-order valence-electron chi connectivity index (χ4n) is 3.15. The fourth-order valence-corrected chi connectivity index (χ4v) is 4.21. The number of hydrogen-bond acceptors (Lipinski definition) is 4. The van der Waals surface area contributed by atoms with E-state index in [9.17, 15) is 18.3 Å². The van der Waals surface area contributed by atoms with Crippen molar-refractivity contribution in [3.8, 4) is 0 Å². The second-order valence-corrected chi connectivity index (χ2v) is 8.62. The predicted molar refractivity (Wildman–Crippen MR) is 101 cm³/mol. The lowest BCUT2D eigenvalue weighted by molar-refractivity contribution is -0.150. The van der Waals surface area contributed by atoms with E-state index in [2.05, 4.69) is 0 Å². The van der Waals surface area contributed by atoms with Gasteiger partial charge < -0.3 is 9.84 Å². The van der Waals surface area contributed by atoms with Crippen molar-refractivity contribution in [3.05, 3.63) is 0 Å². The van der Waals surface area contributed by atoms with Gasteiger partial charge in [-0.05, 0) is 44.4 Å². The van der Waals surface area contributed by atoms with Gasteiger partial charge in [0.1, 0.15) is 0 Å². The number of carboxylic acids is 1. The molecule has 0 aliphatic carbocycles. The van der Waals surface area contributed by atoms with Crippen molar-refractivity contribution < 1.29 is 23.1 Å². The van der Waals surface area contributed by atoms with Crippen LogP contribution in [0.1, 0.15) is 78.6 Å². The maximum atomic E-state index is 11.4. The number of ether oxygens (including phenoxy) is 1. The molecule has 0 rings (SSSR count). The lowest BCUT2D eigenvalue weighted by Gasteiger charge is -2.26. The Morgan fingerprint density at radius 3 is 2.08 bits per heavy atom. The van der Waals surface area contributed by atoms with E-state index in [1.807, 2.05) is 20.8 Å². The first-order chi connectivity index (χ1) is 11.7. The first-order valence-electron chi connectivity index (χ1n) is 9.52. The van der Waals surface area contributed by atoms with Crippen LogP contribution >= 0.6 is 0 Å². The van der Waals surface area contributed by atoms with Crippen LogP contribution in [-0.4, -0.2) is 38.5 Å². The van der Waals surface area contributed by atoms with Crippen molar-refractivity contribution in [1.82, 2.24) is 0 Å². The summed E-state index contributed by atoms with van der Waals surface area (Å²) < 4.78 is 27.8. The molecule has 0 amide bonds. The summed E-state index contributed by atoms with van der Waals surface area (Å²) in [6.45, 7) is 7.17. The number of unbranched alkanes of at least 4 members (excludes halogenated alkanes) is 2. The quantitative estimate of drug-likeness (QED) is 0.399. The Labute approximate surface area is 153 Å².